The van der Waals surface area contributed by atoms with Gasteiger partial charge in [0.2, 0.25) is 0 Å². The molecule has 1 aliphatic heterocycles. The Morgan fingerprint density at radius 3 is 2.77 bits per heavy atom. The zero-order chi connectivity index (χ0) is 15.7. The molecule has 0 spiro atoms. The lowest BCUT2D eigenvalue weighted by atomic mass is 9.89. The molecule has 2 N–H and O–H groups in total. The summed E-state index contributed by atoms with van der Waals surface area (Å²) in [5.74, 6) is -0.302. The Kier molecular flexibility index (Phi) is 3.89. The largest absolute Gasteiger partial charge is 0.468 e. The highest BCUT2D eigenvalue weighted by molar-refractivity contribution is 5.87. The van der Waals surface area contributed by atoms with Crippen molar-refractivity contribution in [3.05, 3.63) is 48.0 Å². The highest BCUT2D eigenvalue weighted by atomic mass is 16.5. The molecule has 116 valence electrons. The first kappa shape index (κ1) is 15.0. The minimum absolute atomic E-state index is 0.0186. The van der Waals surface area contributed by atoms with Gasteiger partial charge in [-0.3, -0.25) is 10.1 Å². The molecule has 22 heavy (non-hydrogen) atoms. The number of carbonyl (C=O) groups is 1. The molecule has 1 saturated heterocycles. The Morgan fingerprint density at radius 2 is 2.05 bits per heavy atom. The van der Waals surface area contributed by atoms with Crippen molar-refractivity contribution < 1.29 is 14.6 Å². The van der Waals surface area contributed by atoms with Crippen LogP contribution in [0.3, 0.4) is 0 Å². The summed E-state index contributed by atoms with van der Waals surface area (Å²) >= 11 is 0. The van der Waals surface area contributed by atoms with Crippen LogP contribution in [0.2, 0.25) is 0 Å². The van der Waals surface area contributed by atoms with Gasteiger partial charge in [-0.2, -0.15) is 0 Å². The van der Waals surface area contributed by atoms with Crippen LogP contribution in [0.5, 0.6) is 0 Å². The van der Waals surface area contributed by atoms with Crippen molar-refractivity contribution in [1.29, 1.82) is 0 Å². The molecule has 1 aliphatic rings. The molecule has 3 unspecified atom stereocenters. The lowest BCUT2D eigenvalue weighted by Gasteiger charge is -2.23. The maximum atomic E-state index is 12.1. The van der Waals surface area contributed by atoms with E-state index in [4.69, 9.17) is 4.74 Å². The van der Waals surface area contributed by atoms with Crippen molar-refractivity contribution in [1.82, 2.24) is 5.32 Å². The van der Waals surface area contributed by atoms with E-state index in [1.165, 1.54) is 7.11 Å². The predicted octanol–water partition coefficient (Wildman–Crippen LogP) is 2.41. The number of fused-ring (bicyclic) bond motifs is 1. The third-order valence-electron chi connectivity index (χ3n) is 4.64. The summed E-state index contributed by atoms with van der Waals surface area (Å²) in [6, 6.07) is 14.2. The maximum absolute atomic E-state index is 12.1. The fourth-order valence-electron chi connectivity index (χ4n) is 3.55. The summed E-state index contributed by atoms with van der Waals surface area (Å²) in [7, 11) is 1.40. The summed E-state index contributed by atoms with van der Waals surface area (Å²) in [4.78, 5) is 12.1. The number of nitrogens with one attached hydrogen (secondary N) is 1. The summed E-state index contributed by atoms with van der Waals surface area (Å²) in [5.41, 5.74) is 0.355. The number of rotatable bonds is 3. The number of benzene rings is 2. The molecular formula is C18H21NO3. The van der Waals surface area contributed by atoms with E-state index in [1.54, 1.807) is 0 Å². The molecule has 0 radical (unpaired) electrons. The number of hydrogen-bond acceptors (Lipinski definition) is 4. The van der Waals surface area contributed by atoms with Crippen LogP contribution in [0.4, 0.5) is 0 Å². The molecule has 0 amide bonds. The van der Waals surface area contributed by atoms with Crippen LogP contribution in [-0.2, 0) is 9.53 Å². The fraction of sp³-hybridized carbons (Fsp3) is 0.389. The number of esters is 1. The number of ether oxygens (including phenoxy) is 1. The molecule has 2 aromatic rings. The van der Waals surface area contributed by atoms with Crippen molar-refractivity contribution in [3.8, 4) is 0 Å². The van der Waals surface area contributed by atoms with Crippen molar-refractivity contribution in [2.75, 3.05) is 13.7 Å². The lowest BCUT2D eigenvalue weighted by molar-refractivity contribution is -0.147. The van der Waals surface area contributed by atoms with Gasteiger partial charge in [0.25, 0.3) is 0 Å². The van der Waals surface area contributed by atoms with E-state index in [-0.39, 0.29) is 24.5 Å². The smallest absolute Gasteiger partial charge is 0.325 e. The first-order chi connectivity index (χ1) is 10.6. The lowest BCUT2D eigenvalue weighted by Crippen LogP contribution is -2.46. The Balaban J connectivity index is 2.04. The van der Waals surface area contributed by atoms with Crippen LogP contribution >= 0.6 is 0 Å². The van der Waals surface area contributed by atoms with Gasteiger partial charge < -0.3 is 9.84 Å². The van der Waals surface area contributed by atoms with Gasteiger partial charge in [0.15, 0.2) is 0 Å². The van der Waals surface area contributed by atoms with E-state index < -0.39 is 5.54 Å². The molecule has 0 bridgehead atoms. The summed E-state index contributed by atoms with van der Waals surface area (Å²) in [6.45, 7) is 1.88. The van der Waals surface area contributed by atoms with Crippen LogP contribution in [0.1, 0.15) is 24.9 Å². The average Bonchev–Trinajstić information content (AvgIpc) is 2.91. The Morgan fingerprint density at radius 1 is 1.32 bits per heavy atom. The quantitative estimate of drug-likeness (QED) is 0.855. The van der Waals surface area contributed by atoms with Crippen molar-refractivity contribution in [2.45, 2.75) is 24.9 Å². The molecule has 4 nitrogen and oxygen atoms in total. The first-order valence-electron chi connectivity index (χ1n) is 7.53. The molecule has 0 aromatic heterocycles. The standard InChI is InChI=1S/C18H21NO3/c1-18(17(21)22-2)10-13(11-20)16(19-18)15-9-5-7-12-6-3-4-8-14(12)15/h3-9,13,16,19-20H,10-11H2,1-2H3. The normalized spacial score (nSPS) is 28.0. The van der Waals surface area contributed by atoms with Crippen LogP contribution in [0.25, 0.3) is 10.8 Å². The summed E-state index contributed by atoms with van der Waals surface area (Å²) in [5, 5.41) is 15.5. The van der Waals surface area contributed by atoms with Crippen LogP contribution in [0.15, 0.2) is 42.5 Å². The van der Waals surface area contributed by atoms with E-state index >= 15 is 0 Å². The van der Waals surface area contributed by atoms with Crippen molar-refractivity contribution >= 4 is 16.7 Å². The van der Waals surface area contributed by atoms with E-state index in [0.29, 0.717) is 6.42 Å². The molecule has 0 saturated carbocycles. The Hall–Kier alpha value is -1.91. The van der Waals surface area contributed by atoms with Gasteiger partial charge in [-0.15, -0.1) is 0 Å². The highest BCUT2D eigenvalue weighted by Crippen LogP contribution is 2.40. The van der Waals surface area contributed by atoms with Crippen LogP contribution < -0.4 is 5.32 Å². The molecule has 1 fully saturated rings. The third kappa shape index (κ3) is 2.38. The van der Waals surface area contributed by atoms with Crippen LogP contribution in [-0.4, -0.2) is 30.3 Å². The molecular weight excluding hydrogens is 278 g/mol. The second kappa shape index (κ2) is 5.71. The highest BCUT2D eigenvalue weighted by Gasteiger charge is 2.47. The van der Waals surface area contributed by atoms with Gasteiger partial charge in [0.05, 0.1) is 7.11 Å². The molecule has 1 heterocycles. The van der Waals surface area contributed by atoms with E-state index in [1.807, 2.05) is 25.1 Å². The zero-order valence-electron chi connectivity index (χ0n) is 12.9. The maximum Gasteiger partial charge on any atom is 0.325 e. The minimum Gasteiger partial charge on any atom is -0.468 e. The third-order valence-corrected chi connectivity index (χ3v) is 4.64. The van der Waals surface area contributed by atoms with Gasteiger partial charge in [0, 0.05) is 18.6 Å². The topological polar surface area (TPSA) is 58.6 Å². The van der Waals surface area contributed by atoms with E-state index in [9.17, 15) is 9.90 Å². The molecule has 4 heteroatoms. The molecule has 0 aliphatic carbocycles. The van der Waals surface area contributed by atoms with Gasteiger partial charge in [-0.05, 0) is 29.7 Å². The molecule has 3 atom stereocenters. The molecule has 3 rings (SSSR count). The van der Waals surface area contributed by atoms with E-state index in [2.05, 4.69) is 29.6 Å². The van der Waals surface area contributed by atoms with Gasteiger partial charge in [0.1, 0.15) is 5.54 Å². The Bertz CT molecular complexity index is 694. The van der Waals surface area contributed by atoms with Crippen molar-refractivity contribution in [2.24, 2.45) is 5.92 Å². The second-order valence-corrected chi connectivity index (χ2v) is 6.16. The number of carbonyl (C=O) groups excluding carboxylic acids is 1. The van der Waals surface area contributed by atoms with E-state index in [0.717, 1.165) is 16.3 Å². The second-order valence-electron chi connectivity index (χ2n) is 6.16. The van der Waals surface area contributed by atoms with Gasteiger partial charge >= 0.3 is 5.97 Å². The SMILES string of the molecule is COC(=O)C1(C)CC(CO)C(c2cccc3ccccc23)N1. The van der Waals surface area contributed by atoms with Crippen molar-refractivity contribution in [3.63, 3.8) is 0 Å². The number of aliphatic hydroxyl groups excluding tert-OH is 1. The number of methoxy groups -OCH3 is 1. The summed E-state index contributed by atoms with van der Waals surface area (Å²) < 4.78 is 4.92. The summed E-state index contributed by atoms with van der Waals surface area (Å²) in [6.07, 6.45) is 0.560. The number of hydrogen-bond donors (Lipinski definition) is 2. The number of aliphatic hydroxyl groups is 1. The Labute approximate surface area is 130 Å². The average molecular weight is 299 g/mol. The molecule has 2 aromatic carbocycles. The first-order valence-corrected chi connectivity index (χ1v) is 7.53. The van der Waals surface area contributed by atoms with Crippen LogP contribution in [0, 0.1) is 5.92 Å². The van der Waals surface area contributed by atoms with Gasteiger partial charge in [-0.25, -0.2) is 0 Å². The minimum atomic E-state index is -0.760. The monoisotopic (exact) mass is 299 g/mol. The zero-order valence-corrected chi connectivity index (χ0v) is 12.9. The fourth-order valence-corrected chi connectivity index (χ4v) is 3.55. The van der Waals surface area contributed by atoms with Gasteiger partial charge in [-0.1, -0.05) is 42.5 Å². The predicted molar refractivity (Wildman–Crippen MR) is 85.4 cm³/mol.